The summed E-state index contributed by atoms with van der Waals surface area (Å²) in [5.41, 5.74) is 0.517. The number of benzene rings is 1. The van der Waals surface area contributed by atoms with Crippen LogP contribution >= 0.6 is 11.6 Å². The maximum Gasteiger partial charge on any atom is 0.145 e. The highest BCUT2D eigenvalue weighted by atomic mass is 35.5. The molecule has 1 aliphatic carbocycles. The molecule has 106 valence electrons. The molecule has 1 atom stereocenters. The lowest BCUT2D eigenvalue weighted by atomic mass is 9.85. The van der Waals surface area contributed by atoms with Crippen LogP contribution in [0.5, 0.6) is 0 Å². The minimum Gasteiger partial charge on any atom is -0.393 e. The molecule has 19 heavy (non-hydrogen) atoms. The van der Waals surface area contributed by atoms with Crippen molar-refractivity contribution in [1.82, 2.24) is 0 Å². The molecule has 1 aromatic rings. The fraction of sp³-hybridized carbons (Fsp3) is 0.625. The number of hydrogen-bond acceptors (Lipinski definition) is 1. The molecule has 1 aromatic carbocycles. The van der Waals surface area contributed by atoms with Crippen LogP contribution in [-0.4, -0.2) is 11.2 Å². The van der Waals surface area contributed by atoms with E-state index in [1.54, 1.807) is 12.1 Å². The first-order valence-corrected chi connectivity index (χ1v) is 7.65. The molecule has 0 saturated heterocycles. The van der Waals surface area contributed by atoms with Crippen LogP contribution in [0.1, 0.15) is 50.5 Å². The molecule has 1 fully saturated rings. The lowest BCUT2D eigenvalue weighted by Crippen LogP contribution is -2.15. The predicted molar refractivity (Wildman–Crippen MR) is 76.9 cm³/mol. The fourth-order valence-corrected chi connectivity index (χ4v) is 3.16. The lowest BCUT2D eigenvalue weighted by molar-refractivity contribution is 0.148. The highest BCUT2D eigenvalue weighted by Crippen LogP contribution is 2.28. The van der Waals surface area contributed by atoms with E-state index < -0.39 is 6.10 Å². The van der Waals surface area contributed by atoms with E-state index in [4.69, 9.17) is 11.6 Å². The van der Waals surface area contributed by atoms with Crippen molar-refractivity contribution in [2.24, 2.45) is 5.92 Å². The second-order valence-corrected chi connectivity index (χ2v) is 6.06. The molecule has 0 aromatic heterocycles. The molecule has 0 aliphatic heterocycles. The molecule has 2 rings (SSSR count). The van der Waals surface area contributed by atoms with Crippen molar-refractivity contribution in [3.8, 4) is 0 Å². The van der Waals surface area contributed by atoms with Crippen LogP contribution in [0.4, 0.5) is 4.39 Å². The van der Waals surface area contributed by atoms with Crippen molar-refractivity contribution in [2.45, 2.75) is 57.5 Å². The van der Waals surface area contributed by atoms with Crippen LogP contribution in [0, 0.1) is 11.7 Å². The van der Waals surface area contributed by atoms with Gasteiger partial charge < -0.3 is 5.11 Å². The molecule has 1 saturated carbocycles. The number of aliphatic hydroxyl groups excluding tert-OH is 1. The Morgan fingerprint density at radius 3 is 2.74 bits per heavy atom. The molecule has 0 amide bonds. The van der Waals surface area contributed by atoms with Crippen molar-refractivity contribution in [3.05, 3.63) is 34.6 Å². The molecule has 3 heteroatoms. The monoisotopic (exact) mass is 284 g/mol. The summed E-state index contributed by atoms with van der Waals surface area (Å²) in [6, 6.07) is 4.97. The summed E-state index contributed by atoms with van der Waals surface area (Å²) >= 11 is 5.74. The molecule has 1 unspecified atom stereocenters. The zero-order valence-electron chi connectivity index (χ0n) is 11.2. The van der Waals surface area contributed by atoms with E-state index in [-0.39, 0.29) is 10.8 Å². The van der Waals surface area contributed by atoms with E-state index in [2.05, 4.69) is 0 Å². The zero-order valence-corrected chi connectivity index (χ0v) is 12.0. The Balaban J connectivity index is 1.80. The number of aliphatic hydroxyl groups is 1. The average molecular weight is 285 g/mol. The van der Waals surface area contributed by atoms with Gasteiger partial charge in [-0.2, -0.15) is 0 Å². The smallest absolute Gasteiger partial charge is 0.145 e. The number of halogens is 2. The third-order valence-electron chi connectivity index (χ3n) is 4.12. The Morgan fingerprint density at radius 2 is 2.00 bits per heavy atom. The predicted octanol–water partition coefficient (Wildman–Crippen LogP) is 4.74. The van der Waals surface area contributed by atoms with Gasteiger partial charge in [0.15, 0.2) is 0 Å². The van der Waals surface area contributed by atoms with E-state index in [0.29, 0.717) is 12.0 Å². The SMILES string of the molecule is OC(CCC1CCCCC1)Cc1cccc(Cl)c1F. The summed E-state index contributed by atoms with van der Waals surface area (Å²) in [6.45, 7) is 0. The minimum absolute atomic E-state index is 0.136. The van der Waals surface area contributed by atoms with Crippen LogP contribution in [-0.2, 0) is 6.42 Å². The highest BCUT2D eigenvalue weighted by Gasteiger charge is 2.16. The van der Waals surface area contributed by atoms with Gasteiger partial charge >= 0.3 is 0 Å². The molecule has 0 spiro atoms. The van der Waals surface area contributed by atoms with Gasteiger partial charge in [-0.15, -0.1) is 0 Å². The van der Waals surface area contributed by atoms with Gasteiger partial charge in [-0.1, -0.05) is 55.8 Å². The third-order valence-corrected chi connectivity index (χ3v) is 4.41. The molecule has 0 heterocycles. The van der Waals surface area contributed by atoms with Gasteiger partial charge in [-0.25, -0.2) is 4.39 Å². The van der Waals surface area contributed by atoms with Crippen molar-refractivity contribution in [1.29, 1.82) is 0 Å². The molecule has 0 bridgehead atoms. The van der Waals surface area contributed by atoms with Gasteiger partial charge in [-0.05, 0) is 30.4 Å². The lowest BCUT2D eigenvalue weighted by Gasteiger charge is -2.22. The molecule has 0 radical (unpaired) electrons. The van der Waals surface area contributed by atoms with E-state index in [1.165, 1.54) is 38.2 Å². The van der Waals surface area contributed by atoms with Crippen LogP contribution in [0.2, 0.25) is 5.02 Å². The van der Waals surface area contributed by atoms with E-state index in [1.807, 2.05) is 0 Å². The van der Waals surface area contributed by atoms with Crippen molar-refractivity contribution in [3.63, 3.8) is 0 Å². The quantitative estimate of drug-likeness (QED) is 0.828. The maximum absolute atomic E-state index is 13.7. The summed E-state index contributed by atoms with van der Waals surface area (Å²) in [7, 11) is 0. The average Bonchev–Trinajstić information content (AvgIpc) is 2.43. The van der Waals surface area contributed by atoms with Crippen LogP contribution in [0.25, 0.3) is 0 Å². The Hall–Kier alpha value is -0.600. The van der Waals surface area contributed by atoms with Crippen LogP contribution < -0.4 is 0 Å². The summed E-state index contributed by atoms with van der Waals surface area (Å²) < 4.78 is 13.7. The second kappa shape index (κ2) is 7.25. The molecular weight excluding hydrogens is 263 g/mol. The first-order chi connectivity index (χ1) is 9.16. The number of hydrogen-bond donors (Lipinski definition) is 1. The largest absolute Gasteiger partial charge is 0.393 e. The molecular formula is C16H22ClFO. The van der Waals surface area contributed by atoms with Gasteiger partial charge in [0.2, 0.25) is 0 Å². The summed E-state index contributed by atoms with van der Waals surface area (Å²) in [4.78, 5) is 0. The Labute approximate surface area is 119 Å². The second-order valence-electron chi connectivity index (χ2n) is 5.65. The van der Waals surface area contributed by atoms with Crippen molar-refractivity contribution in [2.75, 3.05) is 0 Å². The van der Waals surface area contributed by atoms with Crippen molar-refractivity contribution < 1.29 is 9.50 Å². The standard InChI is InChI=1S/C16H22ClFO/c17-15-8-4-7-13(16(15)18)11-14(19)10-9-12-5-2-1-3-6-12/h4,7-8,12,14,19H,1-3,5-6,9-11H2. The molecule has 1 nitrogen and oxygen atoms in total. The summed E-state index contributed by atoms with van der Waals surface area (Å²) in [5.74, 6) is 0.369. The van der Waals surface area contributed by atoms with Gasteiger partial charge in [0, 0.05) is 6.42 Å². The minimum atomic E-state index is -0.463. The summed E-state index contributed by atoms with van der Waals surface area (Å²) in [5, 5.41) is 10.2. The first-order valence-electron chi connectivity index (χ1n) is 7.27. The van der Waals surface area contributed by atoms with Gasteiger partial charge in [0.05, 0.1) is 11.1 Å². The van der Waals surface area contributed by atoms with Crippen LogP contribution in [0.3, 0.4) is 0 Å². The van der Waals surface area contributed by atoms with Gasteiger partial charge in [0.25, 0.3) is 0 Å². The van der Waals surface area contributed by atoms with E-state index in [9.17, 15) is 9.50 Å². The maximum atomic E-state index is 13.7. The Morgan fingerprint density at radius 1 is 1.26 bits per heavy atom. The van der Waals surface area contributed by atoms with Gasteiger partial charge in [-0.3, -0.25) is 0 Å². The topological polar surface area (TPSA) is 20.2 Å². The third kappa shape index (κ3) is 4.47. The molecule has 1 N–H and O–H groups in total. The Bertz CT molecular complexity index is 402. The first kappa shape index (κ1) is 14.8. The van der Waals surface area contributed by atoms with E-state index >= 15 is 0 Å². The Kier molecular flexibility index (Phi) is 5.65. The van der Waals surface area contributed by atoms with Crippen molar-refractivity contribution >= 4 is 11.6 Å². The molecule has 1 aliphatic rings. The number of rotatable bonds is 5. The highest BCUT2D eigenvalue weighted by molar-refractivity contribution is 6.30. The van der Waals surface area contributed by atoms with Crippen LogP contribution in [0.15, 0.2) is 18.2 Å². The van der Waals surface area contributed by atoms with E-state index in [0.717, 1.165) is 18.8 Å². The zero-order chi connectivity index (χ0) is 13.7. The summed E-state index contributed by atoms with van der Waals surface area (Å²) in [6.07, 6.45) is 8.30. The normalized spacial score (nSPS) is 18.5. The fourth-order valence-electron chi connectivity index (χ4n) is 2.97. The van der Waals surface area contributed by atoms with Gasteiger partial charge in [0.1, 0.15) is 5.82 Å².